The van der Waals surface area contributed by atoms with Crippen molar-refractivity contribution in [2.45, 2.75) is 25.5 Å². The first-order chi connectivity index (χ1) is 13.6. The summed E-state index contributed by atoms with van der Waals surface area (Å²) in [6, 6.07) is 12.0. The number of aryl methyl sites for hydroxylation is 2. The van der Waals surface area contributed by atoms with E-state index in [0.717, 1.165) is 27.9 Å². The Morgan fingerprint density at radius 3 is 2.86 bits per heavy atom. The molecule has 0 aliphatic carbocycles. The largest absolute Gasteiger partial charge is 0.454 e. The number of benzene rings is 2. The van der Waals surface area contributed by atoms with Crippen molar-refractivity contribution in [3.05, 3.63) is 65.5 Å². The van der Waals surface area contributed by atoms with Gasteiger partial charge < -0.3 is 14.8 Å². The molecule has 4 rings (SSSR count). The first-order valence-electron chi connectivity index (χ1n) is 8.99. The predicted molar refractivity (Wildman–Crippen MR) is 108 cm³/mol. The fraction of sp³-hybridized carbons (Fsp3) is 0.238. The van der Waals surface area contributed by atoms with Gasteiger partial charge in [0, 0.05) is 24.6 Å². The normalized spacial score (nSPS) is 12.2. The van der Waals surface area contributed by atoms with Gasteiger partial charge in [-0.3, -0.25) is 9.36 Å². The van der Waals surface area contributed by atoms with Crippen LogP contribution in [0, 0.1) is 13.8 Å². The van der Waals surface area contributed by atoms with E-state index in [0.29, 0.717) is 12.3 Å². The molecule has 3 aromatic rings. The van der Waals surface area contributed by atoms with E-state index in [1.165, 1.54) is 22.9 Å². The minimum atomic E-state index is -0.0442. The topological polar surface area (TPSA) is 65.4 Å². The van der Waals surface area contributed by atoms with Gasteiger partial charge in [-0.2, -0.15) is 0 Å². The van der Waals surface area contributed by atoms with E-state index in [1.54, 1.807) is 6.20 Å². The van der Waals surface area contributed by atoms with Crippen LogP contribution >= 0.6 is 11.8 Å². The average Bonchev–Trinajstić information content (AvgIpc) is 3.35. The van der Waals surface area contributed by atoms with Crippen molar-refractivity contribution in [1.29, 1.82) is 0 Å². The van der Waals surface area contributed by atoms with E-state index in [2.05, 4.69) is 42.3 Å². The van der Waals surface area contributed by atoms with Crippen LogP contribution in [-0.4, -0.2) is 28.0 Å². The third-order valence-electron chi connectivity index (χ3n) is 4.63. The highest BCUT2D eigenvalue weighted by atomic mass is 32.2. The maximum atomic E-state index is 12.3. The summed E-state index contributed by atoms with van der Waals surface area (Å²) in [6.45, 7) is 4.87. The van der Waals surface area contributed by atoms with Crippen LogP contribution in [0.25, 0.3) is 5.69 Å². The van der Waals surface area contributed by atoms with Crippen molar-refractivity contribution in [3.8, 4) is 17.2 Å². The molecule has 28 heavy (non-hydrogen) atoms. The minimum absolute atomic E-state index is 0.0442. The van der Waals surface area contributed by atoms with Gasteiger partial charge in [-0.05, 0) is 54.8 Å². The van der Waals surface area contributed by atoms with Crippen LogP contribution in [0.1, 0.15) is 16.7 Å². The lowest BCUT2D eigenvalue weighted by Gasteiger charge is -2.10. The van der Waals surface area contributed by atoms with Gasteiger partial charge in [0.2, 0.25) is 12.7 Å². The van der Waals surface area contributed by atoms with Crippen LogP contribution in [0.15, 0.2) is 53.9 Å². The lowest BCUT2D eigenvalue weighted by atomic mass is 10.1. The van der Waals surface area contributed by atoms with Crippen LogP contribution in [0.3, 0.4) is 0 Å². The molecule has 2 aromatic carbocycles. The highest BCUT2D eigenvalue weighted by molar-refractivity contribution is 7.99. The molecule has 0 spiro atoms. The molecule has 1 N–H and O–H groups in total. The zero-order valence-corrected chi connectivity index (χ0v) is 16.6. The predicted octanol–water partition coefficient (Wildman–Crippen LogP) is 3.63. The second-order valence-electron chi connectivity index (χ2n) is 6.60. The Kier molecular flexibility index (Phi) is 5.25. The molecule has 0 saturated heterocycles. The number of carbonyl (C=O) groups is 1. The summed E-state index contributed by atoms with van der Waals surface area (Å²) in [5.41, 5.74) is 4.49. The number of rotatable bonds is 6. The summed E-state index contributed by atoms with van der Waals surface area (Å²) in [4.78, 5) is 16.7. The number of hydrogen-bond acceptors (Lipinski definition) is 5. The Balaban J connectivity index is 1.34. The van der Waals surface area contributed by atoms with Gasteiger partial charge in [0.15, 0.2) is 16.7 Å². The van der Waals surface area contributed by atoms with E-state index < -0.39 is 0 Å². The van der Waals surface area contributed by atoms with E-state index in [1.807, 2.05) is 29.0 Å². The number of fused-ring (bicyclic) bond motifs is 1. The number of hydrogen-bond donors (Lipinski definition) is 1. The number of imidazole rings is 1. The number of amides is 1. The monoisotopic (exact) mass is 395 g/mol. The summed E-state index contributed by atoms with van der Waals surface area (Å²) < 4.78 is 12.7. The van der Waals surface area contributed by atoms with Crippen LogP contribution in [0.5, 0.6) is 11.5 Å². The number of nitrogens with zero attached hydrogens (tertiary/aromatic N) is 2. The minimum Gasteiger partial charge on any atom is -0.454 e. The summed E-state index contributed by atoms with van der Waals surface area (Å²) in [5.74, 6) is 1.71. The van der Waals surface area contributed by atoms with Crippen LogP contribution in [-0.2, 0) is 11.3 Å². The number of nitrogens with one attached hydrogen (secondary N) is 1. The molecule has 2 heterocycles. The third-order valence-corrected chi connectivity index (χ3v) is 5.60. The summed E-state index contributed by atoms with van der Waals surface area (Å²) in [5, 5.41) is 3.73. The van der Waals surface area contributed by atoms with Crippen molar-refractivity contribution in [2.24, 2.45) is 0 Å². The molecule has 7 heteroatoms. The van der Waals surface area contributed by atoms with Crippen molar-refractivity contribution < 1.29 is 14.3 Å². The fourth-order valence-corrected chi connectivity index (χ4v) is 3.70. The molecule has 1 amide bonds. The van der Waals surface area contributed by atoms with Gasteiger partial charge in [0.25, 0.3) is 0 Å². The average molecular weight is 395 g/mol. The second-order valence-corrected chi connectivity index (χ2v) is 7.54. The first kappa shape index (κ1) is 18.4. The third kappa shape index (κ3) is 3.99. The Morgan fingerprint density at radius 2 is 2.00 bits per heavy atom. The second kappa shape index (κ2) is 7.98. The van der Waals surface area contributed by atoms with Crippen LogP contribution in [0.4, 0.5) is 0 Å². The fourth-order valence-electron chi connectivity index (χ4n) is 2.90. The maximum absolute atomic E-state index is 12.3. The molecule has 0 saturated carbocycles. The van der Waals surface area contributed by atoms with E-state index >= 15 is 0 Å². The first-order valence-corrected chi connectivity index (χ1v) is 9.98. The van der Waals surface area contributed by atoms with Crippen molar-refractivity contribution >= 4 is 17.7 Å². The van der Waals surface area contributed by atoms with Crippen molar-refractivity contribution in [1.82, 2.24) is 14.9 Å². The molecule has 1 aliphatic rings. The van der Waals surface area contributed by atoms with Crippen molar-refractivity contribution in [2.75, 3.05) is 12.5 Å². The molecular weight excluding hydrogens is 374 g/mol. The van der Waals surface area contributed by atoms with Crippen LogP contribution in [0.2, 0.25) is 0 Å². The number of carbonyl (C=O) groups excluding carboxylic acids is 1. The lowest BCUT2D eigenvalue weighted by Crippen LogP contribution is -2.24. The molecule has 0 unspecified atom stereocenters. The summed E-state index contributed by atoms with van der Waals surface area (Å²) in [6.07, 6.45) is 3.67. The summed E-state index contributed by atoms with van der Waals surface area (Å²) in [7, 11) is 0. The number of aromatic nitrogens is 2. The van der Waals surface area contributed by atoms with Gasteiger partial charge in [-0.1, -0.05) is 23.9 Å². The highest BCUT2D eigenvalue weighted by Crippen LogP contribution is 2.32. The molecule has 0 radical (unpaired) electrons. The molecular formula is C21H21N3O3S. The van der Waals surface area contributed by atoms with E-state index in [9.17, 15) is 4.79 Å². The number of ether oxygens (including phenoxy) is 2. The molecule has 1 aromatic heterocycles. The molecule has 0 bridgehead atoms. The standard InChI is InChI=1S/C21H21N3O3S/c1-14-3-5-17(9-15(14)2)24-8-7-22-21(24)28-12-20(25)23-11-16-4-6-18-19(10-16)27-13-26-18/h3-10H,11-13H2,1-2H3,(H,23,25). The number of thioether (sulfide) groups is 1. The van der Waals surface area contributed by atoms with Gasteiger partial charge in [0.05, 0.1) is 5.75 Å². The van der Waals surface area contributed by atoms with Crippen LogP contribution < -0.4 is 14.8 Å². The van der Waals surface area contributed by atoms with E-state index in [4.69, 9.17) is 9.47 Å². The van der Waals surface area contributed by atoms with Gasteiger partial charge in [-0.15, -0.1) is 0 Å². The Bertz CT molecular complexity index is 1020. The quantitative estimate of drug-likeness (QED) is 0.646. The van der Waals surface area contributed by atoms with E-state index in [-0.39, 0.29) is 12.7 Å². The zero-order chi connectivity index (χ0) is 19.5. The molecule has 1 aliphatic heterocycles. The van der Waals surface area contributed by atoms with Gasteiger partial charge >= 0.3 is 0 Å². The SMILES string of the molecule is Cc1ccc(-n2ccnc2SCC(=O)NCc2ccc3c(c2)OCO3)cc1C. The molecule has 0 atom stereocenters. The summed E-state index contributed by atoms with van der Waals surface area (Å²) >= 11 is 1.42. The molecule has 144 valence electrons. The smallest absolute Gasteiger partial charge is 0.231 e. The lowest BCUT2D eigenvalue weighted by molar-refractivity contribution is -0.118. The van der Waals surface area contributed by atoms with Crippen molar-refractivity contribution in [3.63, 3.8) is 0 Å². The maximum Gasteiger partial charge on any atom is 0.231 e. The molecule has 0 fully saturated rings. The highest BCUT2D eigenvalue weighted by Gasteiger charge is 2.14. The zero-order valence-electron chi connectivity index (χ0n) is 15.8. The van der Waals surface area contributed by atoms with Gasteiger partial charge in [0.1, 0.15) is 0 Å². The van der Waals surface area contributed by atoms with Gasteiger partial charge in [-0.25, -0.2) is 4.98 Å². The Labute approximate surface area is 167 Å². The Morgan fingerprint density at radius 1 is 1.14 bits per heavy atom. The Hall–Kier alpha value is -2.93. The molecule has 6 nitrogen and oxygen atoms in total.